The van der Waals surface area contributed by atoms with Gasteiger partial charge in [-0.15, -0.1) is 0 Å². The molecule has 20 heavy (non-hydrogen) atoms. The number of amides is 1. The second-order valence-electron chi connectivity index (χ2n) is 5.74. The van der Waals surface area contributed by atoms with Crippen LogP contribution in [0.15, 0.2) is 24.3 Å². The van der Waals surface area contributed by atoms with Crippen molar-refractivity contribution in [2.45, 2.75) is 38.1 Å². The minimum Gasteiger partial charge on any atom is -0.480 e. The molecule has 0 spiro atoms. The molecule has 0 saturated carbocycles. The molecule has 0 aromatic heterocycles. The normalized spacial score (nSPS) is 19.1. The Balaban J connectivity index is 2.26. The van der Waals surface area contributed by atoms with E-state index in [2.05, 4.69) is 0 Å². The molecule has 1 atom stereocenters. The van der Waals surface area contributed by atoms with Crippen LogP contribution in [0.3, 0.4) is 0 Å². The second kappa shape index (κ2) is 5.15. The molecule has 1 saturated heterocycles. The summed E-state index contributed by atoms with van der Waals surface area (Å²) in [5.41, 5.74) is 6.38. The molecule has 2 rings (SSSR count). The van der Waals surface area contributed by atoms with Crippen LogP contribution in [0.5, 0.6) is 0 Å². The topological polar surface area (TPSA) is 83.6 Å². The quantitative estimate of drug-likeness (QED) is 0.822. The van der Waals surface area contributed by atoms with Gasteiger partial charge in [0.1, 0.15) is 6.04 Å². The van der Waals surface area contributed by atoms with Crippen molar-refractivity contribution in [1.29, 1.82) is 0 Å². The second-order valence-corrected chi connectivity index (χ2v) is 5.74. The van der Waals surface area contributed by atoms with Crippen molar-refractivity contribution in [3.63, 3.8) is 0 Å². The Bertz CT molecular complexity index is 522. The smallest absolute Gasteiger partial charge is 0.326 e. The standard InChI is InChI=1S/C15H20N2O3/c1-15(2,10-5-7-11(16)8-6-10)14(20)17-9-3-4-12(17)13(18)19/h5-8,12H,3-4,9,16H2,1-2H3,(H,18,19). The van der Waals surface area contributed by atoms with E-state index >= 15 is 0 Å². The lowest BCUT2D eigenvalue weighted by Crippen LogP contribution is -2.48. The van der Waals surface area contributed by atoms with E-state index in [1.165, 1.54) is 4.90 Å². The van der Waals surface area contributed by atoms with Gasteiger partial charge in [-0.05, 0) is 44.4 Å². The van der Waals surface area contributed by atoms with Crippen LogP contribution < -0.4 is 5.73 Å². The Morgan fingerprint density at radius 3 is 2.45 bits per heavy atom. The fourth-order valence-corrected chi connectivity index (χ4v) is 2.65. The molecule has 0 radical (unpaired) electrons. The van der Waals surface area contributed by atoms with E-state index in [0.29, 0.717) is 18.7 Å². The summed E-state index contributed by atoms with van der Waals surface area (Å²) in [6.07, 6.45) is 1.26. The van der Waals surface area contributed by atoms with Gasteiger partial charge in [0.2, 0.25) is 5.91 Å². The highest BCUT2D eigenvalue weighted by molar-refractivity contribution is 5.91. The Labute approximate surface area is 118 Å². The summed E-state index contributed by atoms with van der Waals surface area (Å²) in [7, 11) is 0. The van der Waals surface area contributed by atoms with Gasteiger partial charge < -0.3 is 15.7 Å². The first-order chi connectivity index (χ1) is 9.34. The van der Waals surface area contributed by atoms with Crippen molar-refractivity contribution >= 4 is 17.6 Å². The van der Waals surface area contributed by atoms with Gasteiger partial charge in [0.15, 0.2) is 0 Å². The maximum Gasteiger partial charge on any atom is 0.326 e. The SMILES string of the molecule is CC(C)(C(=O)N1CCCC1C(=O)O)c1ccc(N)cc1. The molecule has 1 aromatic carbocycles. The fourth-order valence-electron chi connectivity index (χ4n) is 2.65. The summed E-state index contributed by atoms with van der Waals surface area (Å²) in [4.78, 5) is 25.4. The number of carbonyl (C=O) groups excluding carboxylic acids is 1. The predicted octanol–water partition coefficient (Wildman–Crippen LogP) is 1.62. The molecule has 1 unspecified atom stereocenters. The number of likely N-dealkylation sites (tertiary alicyclic amines) is 1. The third-order valence-electron chi connectivity index (χ3n) is 3.97. The first-order valence-electron chi connectivity index (χ1n) is 6.74. The number of benzene rings is 1. The number of carboxylic acid groups (broad SMARTS) is 1. The largest absolute Gasteiger partial charge is 0.480 e. The lowest BCUT2D eigenvalue weighted by Gasteiger charge is -2.32. The molecule has 1 aliphatic heterocycles. The zero-order chi connectivity index (χ0) is 14.9. The molecule has 1 fully saturated rings. The number of aliphatic carboxylic acids is 1. The third kappa shape index (κ3) is 2.48. The number of rotatable bonds is 3. The predicted molar refractivity (Wildman–Crippen MR) is 76.3 cm³/mol. The molecule has 108 valence electrons. The number of hydrogen-bond acceptors (Lipinski definition) is 3. The number of nitrogen functional groups attached to an aromatic ring is 1. The van der Waals surface area contributed by atoms with E-state index in [0.717, 1.165) is 12.0 Å². The third-order valence-corrected chi connectivity index (χ3v) is 3.97. The highest BCUT2D eigenvalue weighted by Crippen LogP contribution is 2.30. The Hall–Kier alpha value is -2.04. The summed E-state index contributed by atoms with van der Waals surface area (Å²) in [5, 5.41) is 9.19. The number of nitrogens with two attached hydrogens (primary N) is 1. The van der Waals surface area contributed by atoms with Crippen molar-refractivity contribution < 1.29 is 14.7 Å². The number of anilines is 1. The number of nitrogens with zero attached hydrogens (tertiary/aromatic N) is 1. The lowest BCUT2D eigenvalue weighted by molar-refractivity contribution is -0.150. The van der Waals surface area contributed by atoms with Gasteiger partial charge in [0.25, 0.3) is 0 Å². The number of carboxylic acids is 1. The maximum absolute atomic E-state index is 12.7. The molecule has 0 aliphatic carbocycles. The van der Waals surface area contributed by atoms with E-state index in [1.54, 1.807) is 12.1 Å². The highest BCUT2D eigenvalue weighted by atomic mass is 16.4. The van der Waals surface area contributed by atoms with Gasteiger partial charge in [0, 0.05) is 12.2 Å². The van der Waals surface area contributed by atoms with Gasteiger partial charge in [-0.25, -0.2) is 4.79 Å². The first kappa shape index (κ1) is 14.4. The van der Waals surface area contributed by atoms with Gasteiger partial charge in [-0.3, -0.25) is 4.79 Å². The minimum absolute atomic E-state index is 0.146. The summed E-state index contributed by atoms with van der Waals surface area (Å²) >= 11 is 0. The Kier molecular flexibility index (Phi) is 3.70. The van der Waals surface area contributed by atoms with Crippen LogP contribution in [0.2, 0.25) is 0 Å². The van der Waals surface area contributed by atoms with Gasteiger partial charge in [-0.1, -0.05) is 12.1 Å². The molecule has 5 nitrogen and oxygen atoms in total. The van der Waals surface area contributed by atoms with Crippen molar-refractivity contribution in [2.24, 2.45) is 0 Å². The summed E-state index contributed by atoms with van der Waals surface area (Å²) in [5.74, 6) is -1.07. The van der Waals surface area contributed by atoms with Crippen molar-refractivity contribution in [1.82, 2.24) is 4.90 Å². The van der Waals surface area contributed by atoms with Crippen LogP contribution in [0.25, 0.3) is 0 Å². The lowest BCUT2D eigenvalue weighted by atomic mass is 9.83. The molecule has 1 aliphatic rings. The monoisotopic (exact) mass is 276 g/mol. The van der Waals surface area contributed by atoms with Crippen molar-refractivity contribution in [2.75, 3.05) is 12.3 Å². The van der Waals surface area contributed by atoms with E-state index in [4.69, 9.17) is 5.73 Å². The van der Waals surface area contributed by atoms with Crippen LogP contribution in [0.4, 0.5) is 5.69 Å². The van der Waals surface area contributed by atoms with Crippen LogP contribution >= 0.6 is 0 Å². The molecule has 1 aromatic rings. The molecule has 5 heteroatoms. The van der Waals surface area contributed by atoms with Gasteiger partial charge >= 0.3 is 5.97 Å². The van der Waals surface area contributed by atoms with Crippen LogP contribution in [-0.4, -0.2) is 34.5 Å². The summed E-state index contributed by atoms with van der Waals surface area (Å²) in [6.45, 7) is 4.14. The molecule has 1 heterocycles. The molecular formula is C15H20N2O3. The molecule has 3 N–H and O–H groups in total. The Morgan fingerprint density at radius 2 is 1.90 bits per heavy atom. The van der Waals surface area contributed by atoms with Crippen molar-refractivity contribution in [3.05, 3.63) is 29.8 Å². The van der Waals surface area contributed by atoms with Crippen LogP contribution in [0.1, 0.15) is 32.3 Å². The van der Waals surface area contributed by atoms with Crippen LogP contribution in [-0.2, 0) is 15.0 Å². The minimum atomic E-state index is -0.927. The molecule has 1 amide bonds. The number of carbonyl (C=O) groups is 2. The van der Waals surface area contributed by atoms with Crippen LogP contribution in [0, 0.1) is 0 Å². The van der Waals surface area contributed by atoms with Gasteiger partial charge in [-0.2, -0.15) is 0 Å². The average molecular weight is 276 g/mol. The summed E-state index contributed by atoms with van der Waals surface area (Å²) < 4.78 is 0. The first-order valence-corrected chi connectivity index (χ1v) is 6.74. The van der Waals surface area contributed by atoms with Gasteiger partial charge in [0.05, 0.1) is 5.41 Å². The van der Waals surface area contributed by atoms with E-state index in [1.807, 2.05) is 26.0 Å². The Morgan fingerprint density at radius 1 is 1.30 bits per heavy atom. The van der Waals surface area contributed by atoms with E-state index in [9.17, 15) is 14.7 Å². The fraction of sp³-hybridized carbons (Fsp3) is 0.467. The van der Waals surface area contributed by atoms with E-state index in [-0.39, 0.29) is 5.91 Å². The number of hydrogen-bond donors (Lipinski definition) is 2. The maximum atomic E-state index is 12.7. The molecular weight excluding hydrogens is 256 g/mol. The summed E-state index contributed by atoms with van der Waals surface area (Å²) in [6, 6.07) is 6.44. The zero-order valence-corrected chi connectivity index (χ0v) is 11.8. The molecule has 0 bridgehead atoms. The van der Waals surface area contributed by atoms with Crippen molar-refractivity contribution in [3.8, 4) is 0 Å². The van der Waals surface area contributed by atoms with E-state index < -0.39 is 17.4 Å². The zero-order valence-electron chi connectivity index (χ0n) is 11.8. The average Bonchev–Trinajstić information content (AvgIpc) is 2.87. The highest BCUT2D eigenvalue weighted by Gasteiger charge is 2.41.